The van der Waals surface area contributed by atoms with Gasteiger partial charge in [-0.15, -0.1) is 10.2 Å². The van der Waals surface area contributed by atoms with E-state index in [1.807, 2.05) is 31.2 Å². The normalized spacial score (nSPS) is 19.2. The molecule has 0 radical (unpaired) electrons. The molecule has 0 unspecified atom stereocenters. The summed E-state index contributed by atoms with van der Waals surface area (Å²) < 4.78 is 0. The number of aryl methyl sites for hydroxylation is 1. The predicted molar refractivity (Wildman–Crippen MR) is 114 cm³/mol. The van der Waals surface area contributed by atoms with Gasteiger partial charge >= 0.3 is 0 Å². The molecule has 4 heterocycles. The van der Waals surface area contributed by atoms with Crippen LogP contribution in [0.5, 0.6) is 5.75 Å². The summed E-state index contributed by atoms with van der Waals surface area (Å²) in [6.07, 6.45) is 4.66. The molecular formula is C22H26N6O. The molecule has 29 heavy (non-hydrogen) atoms. The number of rotatable bonds is 4. The van der Waals surface area contributed by atoms with E-state index < -0.39 is 0 Å². The van der Waals surface area contributed by atoms with Crippen molar-refractivity contribution in [3.8, 4) is 17.1 Å². The Balaban J connectivity index is 1.50. The SMILES string of the molecule is Cc1ccc(Nc2cnc(-c3ccc(N4C[C@H](C)C[C@H](C)C4)nn3)c(O)c2)cn1. The molecule has 3 aromatic rings. The number of anilines is 3. The second-order valence-electron chi connectivity index (χ2n) is 8.03. The fourth-order valence-electron chi connectivity index (χ4n) is 3.90. The van der Waals surface area contributed by atoms with Crippen molar-refractivity contribution >= 4 is 17.2 Å². The van der Waals surface area contributed by atoms with Gasteiger partial charge in [0.05, 0.1) is 23.8 Å². The first-order valence-electron chi connectivity index (χ1n) is 9.95. The first kappa shape index (κ1) is 19.1. The third kappa shape index (κ3) is 4.45. The molecule has 0 spiro atoms. The van der Waals surface area contributed by atoms with Crippen LogP contribution < -0.4 is 10.2 Å². The number of hydrogen-bond acceptors (Lipinski definition) is 7. The van der Waals surface area contributed by atoms with Crippen molar-refractivity contribution in [2.75, 3.05) is 23.3 Å². The number of aromatic hydroxyl groups is 1. The zero-order valence-electron chi connectivity index (χ0n) is 17.0. The maximum atomic E-state index is 10.5. The van der Waals surface area contributed by atoms with Crippen molar-refractivity contribution in [1.29, 1.82) is 0 Å². The Kier molecular flexibility index (Phi) is 5.29. The van der Waals surface area contributed by atoms with Gasteiger partial charge in [0.25, 0.3) is 0 Å². The number of nitrogens with zero attached hydrogens (tertiary/aromatic N) is 5. The summed E-state index contributed by atoms with van der Waals surface area (Å²) in [7, 11) is 0. The Hall–Kier alpha value is -3.22. The summed E-state index contributed by atoms with van der Waals surface area (Å²) in [5.74, 6) is 2.22. The van der Waals surface area contributed by atoms with Gasteiger partial charge in [-0.25, -0.2) is 4.98 Å². The van der Waals surface area contributed by atoms with Crippen LogP contribution in [-0.4, -0.2) is 38.4 Å². The lowest BCUT2D eigenvalue weighted by atomic mass is 9.92. The van der Waals surface area contributed by atoms with E-state index in [-0.39, 0.29) is 5.75 Å². The van der Waals surface area contributed by atoms with Gasteiger partial charge in [0.2, 0.25) is 0 Å². The van der Waals surface area contributed by atoms with Crippen LogP contribution in [0.4, 0.5) is 17.2 Å². The van der Waals surface area contributed by atoms with Gasteiger partial charge in [0, 0.05) is 24.8 Å². The first-order chi connectivity index (χ1) is 14.0. The van der Waals surface area contributed by atoms with Gasteiger partial charge in [0.15, 0.2) is 5.82 Å². The molecule has 2 atom stereocenters. The van der Waals surface area contributed by atoms with Crippen LogP contribution in [-0.2, 0) is 0 Å². The van der Waals surface area contributed by atoms with E-state index >= 15 is 0 Å². The van der Waals surface area contributed by atoms with Gasteiger partial charge < -0.3 is 15.3 Å². The van der Waals surface area contributed by atoms with Gasteiger partial charge in [-0.05, 0) is 49.4 Å². The molecule has 3 aromatic heterocycles. The summed E-state index contributed by atoms with van der Waals surface area (Å²) in [6, 6.07) is 9.31. The molecule has 1 aliphatic heterocycles. The number of nitrogens with one attached hydrogen (secondary N) is 1. The standard InChI is InChI=1S/C22H26N6O/c1-14-8-15(2)13-28(12-14)21-7-6-19(26-27-21)22-20(29)9-18(11-24-22)25-17-5-4-16(3)23-10-17/h4-7,9-11,14-15,25,29H,8,12-13H2,1-3H3/t14-,15+. The second kappa shape index (κ2) is 8.03. The molecule has 1 aliphatic rings. The van der Waals surface area contributed by atoms with E-state index in [9.17, 15) is 5.11 Å². The number of pyridine rings is 2. The molecule has 1 saturated heterocycles. The van der Waals surface area contributed by atoms with Crippen molar-refractivity contribution < 1.29 is 5.11 Å². The highest BCUT2D eigenvalue weighted by atomic mass is 16.3. The largest absolute Gasteiger partial charge is 0.506 e. The summed E-state index contributed by atoms with van der Waals surface area (Å²) in [5.41, 5.74) is 3.42. The van der Waals surface area contributed by atoms with Crippen LogP contribution in [0, 0.1) is 18.8 Å². The van der Waals surface area contributed by atoms with E-state index in [1.165, 1.54) is 6.42 Å². The molecule has 0 saturated carbocycles. The van der Waals surface area contributed by atoms with Crippen LogP contribution in [0.1, 0.15) is 26.0 Å². The monoisotopic (exact) mass is 390 g/mol. The number of piperidine rings is 1. The van der Waals surface area contributed by atoms with Crippen LogP contribution in [0.15, 0.2) is 42.7 Å². The van der Waals surface area contributed by atoms with Crippen molar-refractivity contribution in [3.63, 3.8) is 0 Å². The topological polar surface area (TPSA) is 87.1 Å². The van der Waals surface area contributed by atoms with Crippen LogP contribution in [0.25, 0.3) is 11.4 Å². The molecular weight excluding hydrogens is 364 g/mol. The maximum absolute atomic E-state index is 10.5. The molecule has 0 aliphatic carbocycles. The minimum absolute atomic E-state index is 0.0531. The Bertz CT molecular complexity index is 964. The second-order valence-corrected chi connectivity index (χ2v) is 8.03. The fraction of sp³-hybridized carbons (Fsp3) is 0.364. The number of aromatic nitrogens is 4. The number of hydrogen-bond donors (Lipinski definition) is 2. The Labute approximate surface area is 170 Å². The minimum Gasteiger partial charge on any atom is -0.506 e. The van der Waals surface area contributed by atoms with Gasteiger partial charge in [-0.3, -0.25) is 4.98 Å². The predicted octanol–water partition coefficient (Wildman–Crippen LogP) is 4.17. The van der Waals surface area contributed by atoms with Crippen molar-refractivity contribution in [1.82, 2.24) is 20.2 Å². The van der Waals surface area contributed by atoms with E-state index in [1.54, 1.807) is 18.5 Å². The molecule has 150 valence electrons. The van der Waals surface area contributed by atoms with Crippen molar-refractivity contribution in [3.05, 3.63) is 48.4 Å². The van der Waals surface area contributed by atoms with E-state index in [0.717, 1.165) is 30.3 Å². The Morgan fingerprint density at radius 2 is 1.72 bits per heavy atom. The van der Waals surface area contributed by atoms with Gasteiger partial charge in [-0.1, -0.05) is 13.8 Å². The molecule has 0 aromatic carbocycles. The van der Waals surface area contributed by atoms with E-state index in [4.69, 9.17) is 0 Å². The van der Waals surface area contributed by atoms with Gasteiger partial charge in [-0.2, -0.15) is 0 Å². The zero-order chi connectivity index (χ0) is 20.4. The van der Waals surface area contributed by atoms with Crippen LogP contribution >= 0.6 is 0 Å². The average Bonchev–Trinajstić information content (AvgIpc) is 2.69. The van der Waals surface area contributed by atoms with Crippen molar-refractivity contribution in [2.24, 2.45) is 11.8 Å². The Morgan fingerprint density at radius 3 is 2.34 bits per heavy atom. The Morgan fingerprint density at radius 1 is 0.966 bits per heavy atom. The molecule has 0 amide bonds. The smallest absolute Gasteiger partial charge is 0.151 e. The van der Waals surface area contributed by atoms with Crippen molar-refractivity contribution in [2.45, 2.75) is 27.2 Å². The molecule has 2 N–H and O–H groups in total. The third-order valence-electron chi connectivity index (χ3n) is 5.15. The summed E-state index contributed by atoms with van der Waals surface area (Å²) in [5, 5.41) is 22.3. The highest BCUT2D eigenvalue weighted by molar-refractivity contribution is 5.68. The highest BCUT2D eigenvalue weighted by Crippen LogP contribution is 2.30. The molecule has 4 rings (SSSR count). The zero-order valence-corrected chi connectivity index (χ0v) is 17.0. The van der Waals surface area contributed by atoms with E-state index in [0.29, 0.717) is 28.9 Å². The first-order valence-corrected chi connectivity index (χ1v) is 9.95. The summed E-state index contributed by atoms with van der Waals surface area (Å²) >= 11 is 0. The maximum Gasteiger partial charge on any atom is 0.151 e. The van der Waals surface area contributed by atoms with Gasteiger partial charge in [0.1, 0.15) is 17.1 Å². The molecule has 1 fully saturated rings. The van der Waals surface area contributed by atoms with Crippen LogP contribution in [0.2, 0.25) is 0 Å². The summed E-state index contributed by atoms with van der Waals surface area (Å²) in [6.45, 7) is 8.47. The third-order valence-corrected chi connectivity index (χ3v) is 5.15. The lowest BCUT2D eigenvalue weighted by Gasteiger charge is -2.35. The molecule has 7 heteroatoms. The fourth-order valence-corrected chi connectivity index (χ4v) is 3.90. The molecule has 0 bridgehead atoms. The van der Waals surface area contributed by atoms with E-state index in [2.05, 4.69) is 44.2 Å². The summed E-state index contributed by atoms with van der Waals surface area (Å²) in [4.78, 5) is 10.9. The van der Waals surface area contributed by atoms with Crippen LogP contribution in [0.3, 0.4) is 0 Å². The highest BCUT2D eigenvalue weighted by Gasteiger charge is 2.23. The lowest BCUT2D eigenvalue weighted by molar-refractivity contribution is 0.355. The minimum atomic E-state index is 0.0531. The lowest BCUT2D eigenvalue weighted by Crippen LogP contribution is -2.39. The molecule has 7 nitrogen and oxygen atoms in total. The average molecular weight is 390 g/mol. The quantitative estimate of drug-likeness (QED) is 0.691.